The number of benzene rings is 1. The van der Waals surface area contributed by atoms with Crippen LogP contribution in [0, 0.1) is 0 Å². The standard InChI is InChI=1S/C22H20N6O/c1-28-15-17(11-26-28)9-21-24-12-19(13-25-21)18-6-4-16(5-7-18)10-22(29)27-20-3-2-8-23-14-20/h2-8,11-15H,9-10H2,1H3,(H,27,29). The van der Waals surface area contributed by atoms with Crippen LogP contribution >= 0.6 is 0 Å². The molecule has 0 aliphatic heterocycles. The van der Waals surface area contributed by atoms with Gasteiger partial charge in [-0.3, -0.25) is 14.5 Å². The highest BCUT2D eigenvalue weighted by molar-refractivity contribution is 5.92. The minimum Gasteiger partial charge on any atom is -0.324 e. The monoisotopic (exact) mass is 384 g/mol. The lowest BCUT2D eigenvalue weighted by Gasteiger charge is -2.06. The van der Waals surface area contributed by atoms with Gasteiger partial charge in [-0.15, -0.1) is 0 Å². The third kappa shape index (κ3) is 4.90. The highest BCUT2D eigenvalue weighted by Gasteiger charge is 2.06. The van der Waals surface area contributed by atoms with Crippen molar-refractivity contribution in [2.75, 3.05) is 5.32 Å². The van der Waals surface area contributed by atoms with Crippen molar-refractivity contribution >= 4 is 11.6 Å². The van der Waals surface area contributed by atoms with E-state index >= 15 is 0 Å². The second kappa shape index (κ2) is 8.43. The summed E-state index contributed by atoms with van der Waals surface area (Å²) in [5.41, 5.74) is 4.65. The molecule has 0 bridgehead atoms. The van der Waals surface area contributed by atoms with Gasteiger partial charge in [0.25, 0.3) is 0 Å². The Labute approximate surface area is 168 Å². The molecule has 1 aromatic carbocycles. The largest absolute Gasteiger partial charge is 0.324 e. The van der Waals surface area contributed by atoms with Crippen molar-refractivity contribution in [2.45, 2.75) is 12.8 Å². The van der Waals surface area contributed by atoms with E-state index in [2.05, 4.69) is 25.4 Å². The first-order valence-corrected chi connectivity index (χ1v) is 9.23. The fourth-order valence-electron chi connectivity index (χ4n) is 2.98. The Morgan fingerprint density at radius 3 is 2.41 bits per heavy atom. The number of nitrogens with zero attached hydrogens (tertiary/aromatic N) is 5. The highest BCUT2D eigenvalue weighted by atomic mass is 16.1. The number of pyridine rings is 1. The molecule has 0 aliphatic rings. The van der Waals surface area contributed by atoms with Gasteiger partial charge in [-0.25, -0.2) is 9.97 Å². The van der Waals surface area contributed by atoms with Crippen LogP contribution in [-0.2, 0) is 24.7 Å². The fraction of sp³-hybridized carbons (Fsp3) is 0.136. The minimum absolute atomic E-state index is 0.0751. The molecular formula is C22H20N6O. The number of anilines is 1. The summed E-state index contributed by atoms with van der Waals surface area (Å²) in [7, 11) is 1.89. The van der Waals surface area contributed by atoms with E-state index in [9.17, 15) is 4.79 Å². The lowest BCUT2D eigenvalue weighted by Crippen LogP contribution is -2.14. The molecule has 0 aliphatic carbocycles. The first-order valence-electron chi connectivity index (χ1n) is 9.23. The Hall–Kier alpha value is -3.87. The molecule has 0 fully saturated rings. The number of carbonyl (C=O) groups is 1. The summed E-state index contributed by atoms with van der Waals surface area (Å²) >= 11 is 0. The molecule has 0 atom stereocenters. The van der Waals surface area contributed by atoms with Gasteiger partial charge >= 0.3 is 0 Å². The van der Waals surface area contributed by atoms with Gasteiger partial charge in [-0.05, 0) is 28.8 Å². The lowest BCUT2D eigenvalue weighted by molar-refractivity contribution is -0.115. The van der Waals surface area contributed by atoms with Crippen LogP contribution in [0.1, 0.15) is 17.0 Å². The predicted octanol–water partition coefficient (Wildman–Crippen LogP) is 3.04. The molecule has 0 spiro atoms. The van der Waals surface area contributed by atoms with Crippen molar-refractivity contribution in [3.05, 3.63) is 90.5 Å². The quantitative estimate of drug-likeness (QED) is 0.552. The Balaban J connectivity index is 1.37. The number of aryl methyl sites for hydroxylation is 1. The van der Waals surface area contributed by atoms with Crippen LogP contribution in [0.5, 0.6) is 0 Å². The third-order valence-electron chi connectivity index (χ3n) is 4.42. The van der Waals surface area contributed by atoms with E-state index in [1.807, 2.05) is 62.2 Å². The van der Waals surface area contributed by atoms with Crippen molar-refractivity contribution in [1.29, 1.82) is 0 Å². The van der Waals surface area contributed by atoms with E-state index in [1.165, 1.54) is 0 Å². The van der Waals surface area contributed by atoms with Gasteiger partial charge in [0.2, 0.25) is 5.91 Å². The van der Waals surface area contributed by atoms with Gasteiger partial charge in [-0.1, -0.05) is 24.3 Å². The van der Waals surface area contributed by atoms with Crippen LogP contribution in [-0.4, -0.2) is 30.6 Å². The highest BCUT2D eigenvalue weighted by Crippen LogP contribution is 2.19. The Kier molecular flexibility index (Phi) is 5.38. The molecule has 144 valence electrons. The van der Waals surface area contributed by atoms with Crippen molar-refractivity contribution in [3.63, 3.8) is 0 Å². The first-order chi connectivity index (χ1) is 14.2. The Morgan fingerprint density at radius 2 is 1.76 bits per heavy atom. The number of rotatable bonds is 6. The number of amides is 1. The molecule has 1 N–H and O–H groups in total. The summed E-state index contributed by atoms with van der Waals surface area (Å²) in [4.78, 5) is 25.1. The fourth-order valence-corrected chi connectivity index (χ4v) is 2.98. The van der Waals surface area contributed by atoms with Crippen LogP contribution in [0.25, 0.3) is 11.1 Å². The Morgan fingerprint density at radius 1 is 0.966 bits per heavy atom. The van der Waals surface area contributed by atoms with Crippen molar-refractivity contribution in [2.24, 2.45) is 7.05 Å². The molecule has 0 saturated heterocycles. The molecule has 29 heavy (non-hydrogen) atoms. The zero-order valence-corrected chi connectivity index (χ0v) is 16.0. The normalized spacial score (nSPS) is 10.7. The van der Waals surface area contributed by atoms with Gasteiger partial charge in [0, 0.05) is 43.8 Å². The summed E-state index contributed by atoms with van der Waals surface area (Å²) in [5, 5.41) is 7.00. The van der Waals surface area contributed by atoms with Crippen LogP contribution in [0.15, 0.2) is 73.6 Å². The topological polar surface area (TPSA) is 85.6 Å². The molecule has 1 amide bonds. The molecule has 3 heterocycles. The number of hydrogen-bond donors (Lipinski definition) is 1. The van der Waals surface area contributed by atoms with Crippen LogP contribution in [0.2, 0.25) is 0 Å². The SMILES string of the molecule is Cn1cc(Cc2ncc(-c3ccc(CC(=O)Nc4cccnc4)cc3)cn2)cn1. The minimum atomic E-state index is -0.0751. The molecule has 7 heteroatoms. The zero-order chi connectivity index (χ0) is 20.1. The average molecular weight is 384 g/mol. The van der Waals surface area contributed by atoms with Gasteiger partial charge in [0.15, 0.2) is 0 Å². The zero-order valence-electron chi connectivity index (χ0n) is 16.0. The van der Waals surface area contributed by atoms with E-state index < -0.39 is 0 Å². The van der Waals surface area contributed by atoms with E-state index in [-0.39, 0.29) is 5.91 Å². The van der Waals surface area contributed by atoms with E-state index in [0.29, 0.717) is 18.5 Å². The smallest absolute Gasteiger partial charge is 0.228 e. The van der Waals surface area contributed by atoms with E-state index in [0.717, 1.165) is 28.1 Å². The first kappa shape index (κ1) is 18.5. The van der Waals surface area contributed by atoms with Gasteiger partial charge in [0.1, 0.15) is 5.82 Å². The van der Waals surface area contributed by atoms with E-state index in [1.54, 1.807) is 23.1 Å². The summed E-state index contributed by atoms with van der Waals surface area (Å²) in [6.45, 7) is 0. The number of carbonyl (C=O) groups excluding carboxylic acids is 1. The summed E-state index contributed by atoms with van der Waals surface area (Å²) < 4.78 is 1.77. The van der Waals surface area contributed by atoms with E-state index in [4.69, 9.17) is 0 Å². The molecule has 7 nitrogen and oxygen atoms in total. The van der Waals surface area contributed by atoms with Crippen molar-refractivity contribution < 1.29 is 4.79 Å². The maximum Gasteiger partial charge on any atom is 0.228 e. The summed E-state index contributed by atoms with van der Waals surface area (Å²) in [5.74, 6) is 0.680. The Bertz CT molecular complexity index is 1090. The predicted molar refractivity (Wildman–Crippen MR) is 110 cm³/mol. The molecular weight excluding hydrogens is 364 g/mol. The maximum atomic E-state index is 12.2. The number of hydrogen-bond acceptors (Lipinski definition) is 5. The van der Waals surface area contributed by atoms with Gasteiger partial charge < -0.3 is 5.32 Å². The molecule has 0 radical (unpaired) electrons. The average Bonchev–Trinajstić information content (AvgIpc) is 3.14. The van der Waals surface area contributed by atoms with Crippen LogP contribution < -0.4 is 5.32 Å². The lowest BCUT2D eigenvalue weighted by atomic mass is 10.0. The van der Waals surface area contributed by atoms with Crippen molar-refractivity contribution in [3.8, 4) is 11.1 Å². The third-order valence-corrected chi connectivity index (χ3v) is 4.42. The van der Waals surface area contributed by atoms with Gasteiger partial charge in [-0.2, -0.15) is 5.10 Å². The van der Waals surface area contributed by atoms with Crippen LogP contribution in [0.3, 0.4) is 0 Å². The summed E-state index contributed by atoms with van der Waals surface area (Å²) in [6, 6.07) is 11.4. The molecule has 4 rings (SSSR count). The molecule has 3 aromatic heterocycles. The van der Waals surface area contributed by atoms with Crippen molar-refractivity contribution in [1.82, 2.24) is 24.7 Å². The molecule has 0 saturated carbocycles. The van der Waals surface area contributed by atoms with Crippen LogP contribution in [0.4, 0.5) is 5.69 Å². The van der Waals surface area contributed by atoms with Gasteiger partial charge in [0.05, 0.1) is 24.5 Å². The number of nitrogens with one attached hydrogen (secondary N) is 1. The number of aromatic nitrogens is 5. The molecule has 4 aromatic rings. The molecule has 0 unspecified atom stereocenters. The maximum absolute atomic E-state index is 12.2. The second-order valence-corrected chi connectivity index (χ2v) is 6.75. The second-order valence-electron chi connectivity index (χ2n) is 6.75. The summed E-state index contributed by atoms with van der Waals surface area (Å²) in [6.07, 6.45) is 11.7.